The van der Waals surface area contributed by atoms with E-state index in [2.05, 4.69) is 4.74 Å². The number of methoxy groups -OCH3 is 1. The van der Waals surface area contributed by atoms with E-state index in [1.54, 1.807) is 6.08 Å². The van der Waals surface area contributed by atoms with Crippen molar-refractivity contribution in [2.45, 2.75) is 6.42 Å². The Kier molecular flexibility index (Phi) is 3.14. The standard InChI is InChI=1S/C9H10O3/c1-11-9(10)12-8-6-4-2-3-5-7-8/h2-6H,7H2,1H3. The molecule has 0 saturated carbocycles. The third-order valence-electron chi connectivity index (χ3n) is 1.34. The Hall–Kier alpha value is -1.51. The maximum Gasteiger partial charge on any atom is 0.513 e. The first-order valence-corrected chi connectivity index (χ1v) is 3.61. The van der Waals surface area contributed by atoms with Gasteiger partial charge in [-0.25, -0.2) is 4.79 Å². The number of allylic oxidation sites excluding steroid dienone is 5. The van der Waals surface area contributed by atoms with Gasteiger partial charge in [-0.2, -0.15) is 0 Å². The van der Waals surface area contributed by atoms with Gasteiger partial charge >= 0.3 is 6.16 Å². The maximum atomic E-state index is 10.7. The van der Waals surface area contributed by atoms with Gasteiger partial charge in [-0.05, 0) is 6.08 Å². The van der Waals surface area contributed by atoms with Crippen LogP contribution in [0.1, 0.15) is 6.42 Å². The van der Waals surface area contributed by atoms with Gasteiger partial charge in [-0.3, -0.25) is 0 Å². The Balaban J connectivity index is 2.52. The lowest BCUT2D eigenvalue weighted by molar-refractivity contribution is 0.0960. The SMILES string of the molecule is COC(=O)OC1=CC=CC=CC1. The largest absolute Gasteiger partial charge is 0.513 e. The summed E-state index contributed by atoms with van der Waals surface area (Å²) in [5, 5.41) is 0. The summed E-state index contributed by atoms with van der Waals surface area (Å²) in [6.45, 7) is 0. The average Bonchev–Trinajstić information content (AvgIpc) is 2.33. The summed E-state index contributed by atoms with van der Waals surface area (Å²) >= 11 is 0. The number of hydrogen-bond acceptors (Lipinski definition) is 3. The lowest BCUT2D eigenvalue weighted by Crippen LogP contribution is -2.03. The fourth-order valence-electron chi connectivity index (χ4n) is 0.782. The fourth-order valence-corrected chi connectivity index (χ4v) is 0.782. The molecular weight excluding hydrogens is 156 g/mol. The van der Waals surface area contributed by atoms with E-state index in [1.165, 1.54) is 7.11 Å². The molecule has 0 atom stereocenters. The molecular formula is C9H10O3. The zero-order valence-electron chi connectivity index (χ0n) is 6.82. The molecule has 0 spiro atoms. The van der Waals surface area contributed by atoms with Crippen molar-refractivity contribution in [2.24, 2.45) is 0 Å². The van der Waals surface area contributed by atoms with E-state index in [0.29, 0.717) is 12.2 Å². The number of carbonyl (C=O) groups excluding carboxylic acids is 1. The molecule has 0 aromatic carbocycles. The van der Waals surface area contributed by atoms with Crippen LogP contribution in [-0.2, 0) is 9.47 Å². The first-order valence-electron chi connectivity index (χ1n) is 3.61. The number of hydrogen-bond donors (Lipinski definition) is 0. The average molecular weight is 166 g/mol. The van der Waals surface area contributed by atoms with Crippen LogP contribution < -0.4 is 0 Å². The molecule has 0 aromatic rings. The van der Waals surface area contributed by atoms with Gasteiger partial charge in [0.05, 0.1) is 7.11 Å². The monoisotopic (exact) mass is 166 g/mol. The van der Waals surface area contributed by atoms with E-state index in [1.807, 2.05) is 24.3 Å². The van der Waals surface area contributed by atoms with Gasteiger partial charge in [0.25, 0.3) is 0 Å². The minimum Gasteiger partial charge on any atom is -0.437 e. The molecule has 0 aromatic heterocycles. The molecule has 3 nitrogen and oxygen atoms in total. The van der Waals surface area contributed by atoms with Crippen LogP contribution in [0.15, 0.2) is 36.1 Å². The minimum atomic E-state index is -0.676. The third kappa shape index (κ3) is 2.62. The number of rotatable bonds is 1. The molecule has 0 unspecified atom stereocenters. The van der Waals surface area contributed by atoms with Crippen LogP contribution in [0, 0.1) is 0 Å². The highest BCUT2D eigenvalue weighted by atomic mass is 16.7. The van der Waals surface area contributed by atoms with Crippen LogP contribution in [0.3, 0.4) is 0 Å². The van der Waals surface area contributed by atoms with Gasteiger partial charge in [0.15, 0.2) is 0 Å². The van der Waals surface area contributed by atoms with Gasteiger partial charge in [0.2, 0.25) is 0 Å². The maximum absolute atomic E-state index is 10.7. The highest BCUT2D eigenvalue weighted by molar-refractivity contribution is 5.61. The van der Waals surface area contributed by atoms with Crippen LogP contribution in [0.5, 0.6) is 0 Å². The molecule has 64 valence electrons. The van der Waals surface area contributed by atoms with Crippen LogP contribution in [0.25, 0.3) is 0 Å². The molecule has 12 heavy (non-hydrogen) atoms. The smallest absolute Gasteiger partial charge is 0.437 e. The summed E-state index contributed by atoms with van der Waals surface area (Å²) in [5.41, 5.74) is 0. The van der Waals surface area contributed by atoms with E-state index >= 15 is 0 Å². The highest BCUT2D eigenvalue weighted by Gasteiger charge is 2.04. The summed E-state index contributed by atoms with van der Waals surface area (Å²) in [5.74, 6) is 0.590. The Morgan fingerprint density at radius 3 is 3.00 bits per heavy atom. The first-order chi connectivity index (χ1) is 5.83. The lowest BCUT2D eigenvalue weighted by atomic mass is 10.3. The molecule has 0 fully saturated rings. The van der Waals surface area contributed by atoms with Gasteiger partial charge in [-0.15, -0.1) is 0 Å². The van der Waals surface area contributed by atoms with Crippen molar-refractivity contribution in [3.63, 3.8) is 0 Å². The van der Waals surface area contributed by atoms with Crippen molar-refractivity contribution in [1.29, 1.82) is 0 Å². The fraction of sp³-hybridized carbons (Fsp3) is 0.222. The Labute approximate surface area is 71.0 Å². The van der Waals surface area contributed by atoms with Crippen molar-refractivity contribution in [3.8, 4) is 0 Å². The van der Waals surface area contributed by atoms with Gasteiger partial charge < -0.3 is 9.47 Å². The van der Waals surface area contributed by atoms with Gasteiger partial charge in [-0.1, -0.05) is 24.3 Å². The summed E-state index contributed by atoms with van der Waals surface area (Å²) < 4.78 is 9.16. The van der Waals surface area contributed by atoms with Crippen LogP contribution in [0.2, 0.25) is 0 Å². The van der Waals surface area contributed by atoms with Crippen LogP contribution >= 0.6 is 0 Å². The quantitative estimate of drug-likeness (QED) is 0.560. The Morgan fingerprint density at radius 2 is 2.25 bits per heavy atom. The summed E-state index contributed by atoms with van der Waals surface area (Å²) in [4.78, 5) is 10.7. The highest BCUT2D eigenvalue weighted by Crippen LogP contribution is 2.09. The lowest BCUT2D eigenvalue weighted by Gasteiger charge is -2.02. The second kappa shape index (κ2) is 4.38. The molecule has 0 bridgehead atoms. The van der Waals surface area contributed by atoms with E-state index < -0.39 is 6.16 Å². The Bertz CT molecular complexity index is 248. The zero-order chi connectivity index (χ0) is 8.81. The van der Waals surface area contributed by atoms with Crippen molar-refractivity contribution in [1.82, 2.24) is 0 Å². The van der Waals surface area contributed by atoms with E-state index in [4.69, 9.17) is 4.74 Å². The minimum absolute atomic E-state index is 0.590. The molecule has 0 aliphatic heterocycles. The zero-order valence-corrected chi connectivity index (χ0v) is 6.82. The molecule has 0 saturated heterocycles. The number of carbonyl (C=O) groups is 1. The predicted molar refractivity (Wildman–Crippen MR) is 44.5 cm³/mol. The van der Waals surface area contributed by atoms with E-state index in [-0.39, 0.29) is 0 Å². The molecule has 1 aliphatic rings. The second-order valence-corrected chi connectivity index (χ2v) is 2.21. The Morgan fingerprint density at radius 1 is 1.42 bits per heavy atom. The topological polar surface area (TPSA) is 35.5 Å². The van der Waals surface area contributed by atoms with Crippen LogP contribution in [-0.4, -0.2) is 13.3 Å². The van der Waals surface area contributed by atoms with Crippen molar-refractivity contribution in [3.05, 3.63) is 36.1 Å². The molecule has 0 heterocycles. The molecule has 1 rings (SSSR count). The summed E-state index contributed by atoms with van der Waals surface area (Å²) in [6, 6.07) is 0. The summed E-state index contributed by atoms with van der Waals surface area (Å²) in [7, 11) is 1.28. The number of ether oxygens (including phenoxy) is 2. The van der Waals surface area contributed by atoms with E-state index in [9.17, 15) is 4.79 Å². The summed E-state index contributed by atoms with van der Waals surface area (Å²) in [6.07, 6.45) is 9.14. The van der Waals surface area contributed by atoms with Crippen molar-refractivity contribution in [2.75, 3.05) is 7.11 Å². The second-order valence-electron chi connectivity index (χ2n) is 2.21. The first kappa shape index (κ1) is 8.59. The predicted octanol–water partition coefficient (Wildman–Crippen LogP) is 2.17. The van der Waals surface area contributed by atoms with Gasteiger partial charge in [0, 0.05) is 6.42 Å². The molecule has 0 N–H and O–H groups in total. The van der Waals surface area contributed by atoms with Gasteiger partial charge in [0.1, 0.15) is 5.76 Å². The molecule has 0 radical (unpaired) electrons. The normalized spacial score (nSPS) is 14.9. The van der Waals surface area contributed by atoms with Crippen LogP contribution in [0.4, 0.5) is 4.79 Å². The molecule has 3 heteroatoms. The molecule has 0 amide bonds. The van der Waals surface area contributed by atoms with Crippen molar-refractivity contribution >= 4 is 6.16 Å². The molecule has 1 aliphatic carbocycles. The van der Waals surface area contributed by atoms with Crippen molar-refractivity contribution < 1.29 is 14.3 Å². The third-order valence-corrected chi connectivity index (χ3v) is 1.34. The van der Waals surface area contributed by atoms with E-state index in [0.717, 1.165) is 0 Å².